The van der Waals surface area contributed by atoms with E-state index in [2.05, 4.69) is 10.3 Å². The van der Waals surface area contributed by atoms with Crippen molar-refractivity contribution >= 4 is 11.8 Å². The lowest BCUT2D eigenvalue weighted by atomic mass is 10.0. The van der Waals surface area contributed by atoms with E-state index in [4.69, 9.17) is 4.74 Å². The van der Waals surface area contributed by atoms with Gasteiger partial charge in [0.15, 0.2) is 0 Å². The van der Waals surface area contributed by atoms with Crippen molar-refractivity contribution in [2.75, 3.05) is 19.8 Å². The summed E-state index contributed by atoms with van der Waals surface area (Å²) >= 11 is 0. The number of likely N-dealkylation sites (tertiary alicyclic amines) is 1. The summed E-state index contributed by atoms with van der Waals surface area (Å²) < 4.78 is 5.29. The number of carbonyl (C=O) groups is 2. The van der Waals surface area contributed by atoms with Crippen molar-refractivity contribution in [1.29, 1.82) is 0 Å². The maximum Gasteiger partial charge on any atom is 0.225 e. The fourth-order valence-corrected chi connectivity index (χ4v) is 2.97. The zero-order valence-electron chi connectivity index (χ0n) is 12.5. The molecular formula is C16H21N3O3. The Labute approximate surface area is 129 Å². The predicted molar refractivity (Wildman–Crippen MR) is 79.7 cm³/mol. The molecule has 0 saturated carbocycles. The van der Waals surface area contributed by atoms with Crippen LogP contribution in [0.2, 0.25) is 0 Å². The Kier molecular flexibility index (Phi) is 4.68. The van der Waals surface area contributed by atoms with E-state index in [1.807, 2.05) is 12.1 Å². The van der Waals surface area contributed by atoms with Crippen LogP contribution in [0, 0.1) is 5.92 Å². The lowest BCUT2D eigenvalue weighted by molar-refractivity contribution is -0.129. The summed E-state index contributed by atoms with van der Waals surface area (Å²) in [7, 11) is 0. The van der Waals surface area contributed by atoms with Crippen LogP contribution in [0.3, 0.4) is 0 Å². The molecule has 2 aliphatic rings. The second-order valence-corrected chi connectivity index (χ2v) is 5.93. The number of amides is 2. The molecule has 0 unspecified atom stereocenters. The second kappa shape index (κ2) is 6.87. The summed E-state index contributed by atoms with van der Waals surface area (Å²) in [4.78, 5) is 30.2. The van der Waals surface area contributed by atoms with E-state index >= 15 is 0 Å². The Morgan fingerprint density at radius 1 is 1.41 bits per heavy atom. The minimum Gasteiger partial charge on any atom is -0.381 e. The molecule has 6 heteroatoms. The van der Waals surface area contributed by atoms with Crippen LogP contribution in [0.5, 0.6) is 0 Å². The highest BCUT2D eigenvalue weighted by atomic mass is 16.5. The third kappa shape index (κ3) is 3.62. The Morgan fingerprint density at radius 2 is 2.23 bits per heavy atom. The molecule has 2 fully saturated rings. The first-order valence-corrected chi connectivity index (χ1v) is 7.77. The van der Waals surface area contributed by atoms with Gasteiger partial charge in [-0.3, -0.25) is 14.6 Å². The number of ether oxygens (including phenoxy) is 1. The van der Waals surface area contributed by atoms with Crippen molar-refractivity contribution in [3.63, 3.8) is 0 Å². The lowest BCUT2D eigenvalue weighted by Crippen LogP contribution is -2.42. The highest BCUT2D eigenvalue weighted by Crippen LogP contribution is 2.21. The molecule has 1 atom stereocenters. The van der Waals surface area contributed by atoms with Crippen molar-refractivity contribution < 1.29 is 14.3 Å². The van der Waals surface area contributed by atoms with E-state index in [1.54, 1.807) is 17.3 Å². The summed E-state index contributed by atoms with van der Waals surface area (Å²) in [5.41, 5.74) is 0.987. The first-order chi connectivity index (χ1) is 10.7. The minimum atomic E-state index is -0.244. The van der Waals surface area contributed by atoms with Gasteiger partial charge in [-0.25, -0.2) is 0 Å². The van der Waals surface area contributed by atoms with Gasteiger partial charge in [0.1, 0.15) is 0 Å². The molecule has 1 aromatic rings. The molecule has 22 heavy (non-hydrogen) atoms. The zero-order valence-corrected chi connectivity index (χ0v) is 12.5. The molecule has 1 N–H and O–H groups in total. The van der Waals surface area contributed by atoms with Gasteiger partial charge in [-0.1, -0.05) is 6.07 Å². The van der Waals surface area contributed by atoms with Crippen molar-refractivity contribution in [1.82, 2.24) is 15.2 Å². The molecule has 1 aromatic heterocycles. The van der Waals surface area contributed by atoms with Gasteiger partial charge < -0.3 is 15.0 Å². The van der Waals surface area contributed by atoms with Gasteiger partial charge >= 0.3 is 0 Å². The van der Waals surface area contributed by atoms with Gasteiger partial charge in [-0.05, 0) is 24.5 Å². The Hall–Kier alpha value is -1.95. The van der Waals surface area contributed by atoms with E-state index in [1.165, 1.54) is 0 Å². The van der Waals surface area contributed by atoms with Gasteiger partial charge in [-0.15, -0.1) is 0 Å². The molecule has 0 bridgehead atoms. The zero-order chi connectivity index (χ0) is 15.4. The fraction of sp³-hybridized carbons (Fsp3) is 0.562. The van der Waals surface area contributed by atoms with E-state index in [0.717, 1.165) is 18.4 Å². The third-order valence-electron chi connectivity index (χ3n) is 4.25. The number of carbonyl (C=O) groups excluding carboxylic acids is 2. The van der Waals surface area contributed by atoms with Crippen molar-refractivity contribution in [2.24, 2.45) is 5.92 Å². The number of aromatic nitrogens is 1. The minimum absolute atomic E-state index is 0.00561. The fourth-order valence-electron chi connectivity index (χ4n) is 2.97. The second-order valence-electron chi connectivity index (χ2n) is 5.93. The van der Waals surface area contributed by atoms with Crippen LogP contribution in [-0.2, 0) is 20.9 Å². The maximum absolute atomic E-state index is 12.3. The standard InChI is InChI=1S/C16H21N3O3/c20-15-8-13(16(21)18-14-3-6-22-7-4-14)11-19(15)10-12-2-1-5-17-9-12/h1-2,5,9,13-14H,3-4,6-8,10-11H2,(H,18,21)/t13-/m0/s1. The van der Waals surface area contributed by atoms with Crippen molar-refractivity contribution in [3.05, 3.63) is 30.1 Å². The summed E-state index contributed by atoms with van der Waals surface area (Å²) in [6.45, 7) is 2.40. The molecule has 3 heterocycles. The van der Waals surface area contributed by atoms with Gasteiger partial charge in [0.05, 0.1) is 5.92 Å². The number of hydrogen-bond donors (Lipinski definition) is 1. The van der Waals surface area contributed by atoms with Crippen LogP contribution in [0.25, 0.3) is 0 Å². The third-order valence-corrected chi connectivity index (χ3v) is 4.25. The molecule has 0 aliphatic carbocycles. The van der Waals surface area contributed by atoms with E-state index in [-0.39, 0.29) is 23.8 Å². The molecule has 3 rings (SSSR count). The lowest BCUT2D eigenvalue weighted by Gasteiger charge is -2.24. The highest BCUT2D eigenvalue weighted by Gasteiger charge is 2.35. The average Bonchev–Trinajstić information content (AvgIpc) is 2.90. The Morgan fingerprint density at radius 3 is 2.95 bits per heavy atom. The van der Waals surface area contributed by atoms with Gasteiger partial charge in [0.2, 0.25) is 11.8 Å². The monoisotopic (exact) mass is 303 g/mol. The molecule has 2 aliphatic heterocycles. The number of nitrogens with one attached hydrogen (secondary N) is 1. The van der Waals surface area contributed by atoms with Gasteiger partial charge in [0, 0.05) is 51.2 Å². The Bertz CT molecular complexity index is 529. The van der Waals surface area contributed by atoms with E-state index in [9.17, 15) is 9.59 Å². The van der Waals surface area contributed by atoms with Crippen molar-refractivity contribution in [2.45, 2.75) is 31.8 Å². The topological polar surface area (TPSA) is 71.5 Å². The molecule has 0 spiro atoms. The van der Waals surface area contributed by atoms with Crippen LogP contribution in [0.15, 0.2) is 24.5 Å². The quantitative estimate of drug-likeness (QED) is 0.890. The smallest absolute Gasteiger partial charge is 0.225 e. The van der Waals surface area contributed by atoms with Crippen LogP contribution < -0.4 is 5.32 Å². The molecule has 6 nitrogen and oxygen atoms in total. The Balaban J connectivity index is 1.53. The molecule has 0 aromatic carbocycles. The highest BCUT2D eigenvalue weighted by molar-refractivity contribution is 5.89. The van der Waals surface area contributed by atoms with Crippen LogP contribution in [-0.4, -0.2) is 47.5 Å². The summed E-state index contributed by atoms with van der Waals surface area (Å²) in [6.07, 6.45) is 5.47. The van der Waals surface area contributed by atoms with Crippen LogP contribution in [0.4, 0.5) is 0 Å². The number of rotatable bonds is 4. The predicted octanol–water partition coefficient (Wildman–Crippen LogP) is 0.725. The SMILES string of the molecule is O=C(NC1CCOCC1)[C@H]1CC(=O)N(Cc2cccnc2)C1. The van der Waals surface area contributed by atoms with Crippen molar-refractivity contribution in [3.8, 4) is 0 Å². The average molecular weight is 303 g/mol. The number of pyridine rings is 1. The molecular weight excluding hydrogens is 282 g/mol. The molecule has 2 amide bonds. The normalized spacial score (nSPS) is 22.8. The van der Waals surface area contributed by atoms with Crippen LogP contribution in [0.1, 0.15) is 24.8 Å². The number of hydrogen-bond acceptors (Lipinski definition) is 4. The molecule has 2 saturated heterocycles. The van der Waals surface area contributed by atoms with Crippen LogP contribution >= 0.6 is 0 Å². The first-order valence-electron chi connectivity index (χ1n) is 7.77. The summed E-state index contributed by atoms with van der Waals surface area (Å²) in [5.74, 6) is -0.211. The number of nitrogens with zero attached hydrogens (tertiary/aromatic N) is 2. The van der Waals surface area contributed by atoms with E-state index < -0.39 is 0 Å². The summed E-state index contributed by atoms with van der Waals surface area (Å²) in [6, 6.07) is 3.98. The molecule has 0 radical (unpaired) electrons. The van der Waals surface area contributed by atoms with Gasteiger partial charge in [0.25, 0.3) is 0 Å². The van der Waals surface area contributed by atoms with Gasteiger partial charge in [-0.2, -0.15) is 0 Å². The van der Waals surface area contributed by atoms with E-state index in [0.29, 0.717) is 32.7 Å². The molecule has 118 valence electrons. The first kappa shape index (κ1) is 15.0. The maximum atomic E-state index is 12.3. The largest absolute Gasteiger partial charge is 0.381 e. The summed E-state index contributed by atoms with van der Waals surface area (Å²) in [5, 5.41) is 3.06.